The molecule has 0 aliphatic carbocycles. The highest BCUT2D eigenvalue weighted by atomic mass is 16.5. The van der Waals surface area contributed by atoms with E-state index in [0.29, 0.717) is 23.4 Å². The van der Waals surface area contributed by atoms with Gasteiger partial charge in [-0.15, -0.1) is 5.10 Å². The van der Waals surface area contributed by atoms with Crippen LogP contribution in [0, 0.1) is 0 Å². The lowest BCUT2D eigenvalue weighted by molar-refractivity contribution is 0.100. The van der Waals surface area contributed by atoms with Crippen LogP contribution in [-0.4, -0.2) is 29.0 Å². The molecule has 7 heteroatoms. The first-order valence-electron chi connectivity index (χ1n) is 7.93. The summed E-state index contributed by atoms with van der Waals surface area (Å²) in [5.74, 6) is 0.706. The number of nitrogens with one attached hydrogen (secondary N) is 1. The Hall–Kier alpha value is -3.48. The number of ether oxygens (including phenoxy) is 1. The van der Waals surface area contributed by atoms with Crippen LogP contribution in [-0.2, 0) is 6.42 Å². The molecule has 1 amide bonds. The van der Waals surface area contributed by atoms with Crippen molar-refractivity contribution < 1.29 is 18.7 Å². The molecule has 26 heavy (non-hydrogen) atoms. The van der Waals surface area contributed by atoms with Gasteiger partial charge in [-0.05, 0) is 36.8 Å². The molecule has 0 atom stereocenters. The summed E-state index contributed by atoms with van der Waals surface area (Å²) >= 11 is 0. The van der Waals surface area contributed by atoms with Crippen molar-refractivity contribution in [3.8, 4) is 5.75 Å². The average molecular weight is 351 g/mol. The second-order valence-electron chi connectivity index (χ2n) is 5.61. The highest BCUT2D eigenvalue weighted by molar-refractivity contribution is 6.04. The summed E-state index contributed by atoms with van der Waals surface area (Å²) in [6.07, 6.45) is 0.445. The van der Waals surface area contributed by atoms with Crippen LogP contribution in [0.1, 0.15) is 39.1 Å². The zero-order valence-electron chi connectivity index (χ0n) is 14.4. The van der Waals surface area contributed by atoms with Crippen LogP contribution in [0.4, 0.5) is 6.01 Å². The number of ketones is 1. The summed E-state index contributed by atoms with van der Waals surface area (Å²) in [4.78, 5) is 23.5. The van der Waals surface area contributed by atoms with Crippen LogP contribution < -0.4 is 10.1 Å². The molecule has 3 rings (SSSR count). The van der Waals surface area contributed by atoms with Gasteiger partial charge >= 0.3 is 6.01 Å². The summed E-state index contributed by atoms with van der Waals surface area (Å²) in [7, 11) is 1.61. The number of anilines is 1. The van der Waals surface area contributed by atoms with Gasteiger partial charge in [0.2, 0.25) is 5.89 Å². The van der Waals surface area contributed by atoms with E-state index in [0.717, 1.165) is 11.3 Å². The Labute approximate surface area is 150 Å². The zero-order chi connectivity index (χ0) is 18.5. The molecule has 1 aromatic heterocycles. The maximum Gasteiger partial charge on any atom is 0.322 e. The Balaban J connectivity index is 1.63. The van der Waals surface area contributed by atoms with Crippen molar-refractivity contribution in [1.82, 2.24) is 10.2 Å². The normalized spacial score (nSPS) is 10.4. The largest absolute Gasteiger partial charge is 0.497 e. The van der Waals surface area contributed by atoms with Crippen molar-refractivity contribution in [3.63, 3.8) is 0 Å². The van der Waals surface area contributed by atoms with Crippen molar-refractivity contribution >= 4 is 17.7 Å². The molecule has 0 unspecified atom stereocenters. The van der Waals surface area contributed by atoms with Crippen LogP contribution >= 0.6 is 0 Å². The third kappa shape index (κ3) is 4.13. The highest BCUT2D eigenvalue weighted by Gasteiger charge is 2.12. The van der Waals surface area contributed by atoms with E-state index in [-0.39, 0.29) is 17.7 Å². The molecule has 0 saturated carbocycles. The van der Waals surface area contributed by atoms with E-state index in [4.69, 9.17) is 9.15 Å². The SMILES string of the molecule is COc1ccc(Cc2nnc(NC(=O)c3ccc(C(C)=O)cc3)o2)cc1. The minimum Gasteiger partial charge on any atom is -0.497 e. The Kier molecular flexibility index (Phi) is 5.07. The van der Waals surface area contributed by atoms with Crippen LogP contribution in [0.15, 0.2) is 52.9 Å². The third-order valence-corrected chi connectivity index (χ3v) is 3.76. The molecular formula is C19H17N3O4. The summed E-state index contributed by atoms with van der Waals surface area (Å²) in [5.41, 5.74) is 1.91. The van der Waals surface area contributed by atoms with Gasteiger partial charge in [0.1, 0.15) is 5.75 Å². The summed E-state index contributed by atoms with van der Waals surface area (Å²) in [6, 6.07) is 13.9. The van der Waals surface area contributed by atoms with Gasteiger partial charge in [0.25, 0.3) is 5.91 Å². The molecule has 7 nitrogen and oxygen atoms in total. The van der Waals surface area contributed by atoms with Crippen LogP contribution in [0.2, 0.25) is 0 Å². The molecule has 0 saturated heterocycles. The minimum atomic E-state index is -0.389. The standard InChI is InChI=1S/C19H17N3O4/c1-12(23)14-5-7-15(8-6-14)18(24)20-19-22-21-17(26-19)11-13-3-9-16(25-2)10-4-13/h3-10H,11H2,1-2H3,(H,20,22,24). The monoisotopic (exact) mass is 351 g/mol. The quantitative estimate of drug-likeness (QED) is 0.686. The first-order chi connectivity index (χ1) is 12.5. The van der Waals surface area contributed by atoms with E-state index in [1.807, 2.05) is 24.3 Å². The number of Topliss-reactive ketones (excluding diaryl/α,β-unsaturated/α-hetero) is 1. The van der Waals surface area contributed by atoms with Crippen molar-refractivity contribution in [2.24, 2.45) is 0 Å². The number of aromatic nitrogens is 2. The van der Waals surface area contributed by atoms with Gasteiger partial charge in [-0.3, -0.25) is 14.9 Å². The lowest BCUT2D eigenvalue weighted by atomic mass is 10.1. The first-order valence-corrected chi connectivity index (χ1v) is 7.93. The fourth-order valence-corrected chi connectivity index (χ4v) is 2.32. The molecule has 3 aromatic rings. The van der Waals surface area contributed by atoms with Gasteiger partial charge in [-0.25, -0.2) is 0 Å². The van der Waals surface area contributed by atoms with Crippen LogP contribution in [0.5, 0.6) is 5.75 Å². The molecule has 1 N–H and O–H groups in total. The van der Waals surface area contributed by atoms with Gasteiger partial charge < -0.3 is 9.15 Å². The molecule has 0 radical (unpaired) electrons. The minimum absolute atomic E-state index is 0.0224. The van der Waals surface area contributed by atoms with E-state index in [2.05, 4.69) is 15.5 Å². The molecule has 132 valence electrons. The average Bonchev–Trinajstić information content (AvgIpc) is 3.09. The summed E-state index contributed by atoms with van der Waals surface area (Å²) in [5, 5.41) is 10.3. The van der Waals surface area contributed by atoms with E-state index in [1.54, 1.807) is 31.4 Å². The van der Waals surface area contributed by atoms with E-state index >= 15 is 0 Å². The van der Waals surface area contributed by atoms with Crippen molar-refractivity contribution in [2.45, 2.75) is 13.3 Å². The van der Waals surface area contributed by atoms with E-state index in [1.165, 1.54) is 6.92 Å². The van der Waals surface area contributed by atoms with Gasteiger partial charge in [0.15, 0.2) is 5.78 Å². The Morgan fingerprint density at radius 1 is 1.00 bits per heavy atom. The zero-order valence-corrected chi connectivity index (χ0v) is 14.4. The summed E-state index contributed by atoms with van der Waals surface area (Å²) in [6.45, 7) is 1.47. The molecule has 0 spiro atoms. The Bertz CT molecular complexity index is 915. The number of carbonyl (C=O) groups excluding carboxylic acids is 2. The number of rotatable bonds is 6. The number of amides is 1. The molecule has 1 heterocycles. The number of hydrogen-bond acceptors (Lipinski definition) is 6. The second kappa shape index (κ2) is 7.60. The van der Waals surface area contributed by atoms with Crippen molar-refractivity contribution in [2.75, 3.05) is 12.4 Å². The third-order valence-electron chi connectivity index (χ3n) is 3.76. The molecule has 0 aliphatic heterocycles. The van der Waals surface area contributed by atoms with Crippen molar-refractivity contribution in [1.29, 1.82) is 0 Å². The smallest absolute Gasteiger partial charge is 0.322 e. The van der Waals surface area contributed by atoms with Crippen molar-refractivity contribution in [3.05, 3.63) is 71.1 Å². The fourth-order valence-electron chi connectivity index (χ4n) is 2.32. The summed E-state index contributed by atoms with van der Waals surface area (Å²) < 4.78 is 10.6. The van der Waals surface area contributed by atoms with Crippen LogP contribution in [0.3, 0.4) is 0 Å². The lowest BCUT2D eigenvalue weighted by Crippen LogP contribution is -2.12. The topological polar surface area (TPSA) is 94.3 Å². The maximum atomic E-state index is 12.2. The first kappa shape index (κ1) is 17.3. The Morgan fingerprint density at radius 2 is 1.65 bits per heavy atom. The number of hydrogen-bond donors (Lipinski definition) is 1. The second-order valence-corrected chi connectivity index (χ2v) is 5.61. The predicted molar refractivity (Wildman–Crippen MR) is 94.5 cm³/mol. The van der Waals surface area contributed by atoms with Gasteiger partial charge in [0, 0.05) is 11.1 Å². The Morgan fingerprint density at radius 3 is 2.27 bits per heavy atom. The predicted octanol–water partition coefficient (Wildman–Crippen LogP) is 3.12. The molecule has 0 fully saturated rings. The maximum absolute atomic E-state index is 12.2. The number of carbonyl (C=O) groups is 2. The molecule has 2 aromatic carbocycles. The molecule has 0 aliphatic rings. The number of nitrogens with zero attached hydrogens (tertiary/aromatic N) is 2. The van der Waals surface area contributed by atoms with Gasteiger partial charge in [-0.1, -0.05) is 29.4 Å². The lowest BCUT2D eigenvalue weighted by Gasteiger charge is -2.02. The van der Waals surface area contributed by atoms with E-state index in [9.17, 15) is 9.59 Å². The van der Waals surface area contributed by atoms with E-state index < -0.39 is 0 Å². The van der Waals surface area contributed by atoms with Gasteiger partial charge in [0.05, 0.1) is 13.5 Å². The number of methoxy groups -OCH3 is 1. The highest BCUT2D eigenvalue weighted by Crippen LogP contribution is 2.16. The molecule has 0 bridgehead atoms. The van der Waals surface area contributed by atoms with Gasteiger partial charge in [-0.2, -0.15) is 0 Å². The van der Waals surface area contributed by atoms with Crippen LogP contribution in [0.25, 0.3) is 0 Å². The fraction of sp³-hybridized carbons (Fsp3) is 0.158. The molecular weight excluding hydrogens is 334 g/mol. The number of benzene rings is 2.